The minimum Gasteiger partial charge on any atom is -0.356 e. The molecule has 0 bridgehead atoms. The summed E-state index contributed by atoms with van der Waals surface area (Å²) in [5.74, 6) is 0.682. The maximum Gasteiger partial charge on any atom is 0.220 e. The Bertz CT molecular complexity index is 648. The molecule has 1 saturated heterocycles. The molecule has 2 aliphatic rings. The molecule has 3 rings (SSSR count). The molecule has 1 N–H and O–H groups in total. The number of Topliss-reactive ketones (excluding diaryl/α,β-unsaturated/α-hetero) is 1. The average molecular weight is 371 g/mol. The number of carbonyl (C=O) groups excluding carboxylic acids is 2. The van der Waals surface area contributed by atoms with Crippen LogP contribution in [-0.4, -0.2) is 42.8 Å². The molecular weight excluding hydrogens is 336 g/mol. The van der Waals surface area contributed by atoms with Crippen molar-refractivity contribution in [3.05, 3.63) is 34.9 Å². The largest absolute Gasteiger partial charge is 0.356 e. The highest BCUT2D eigenvalue weighted by molar-refractivity contribution is 5.98. The summed E-state index contributed by atoms with van der Waals surface area (Å²) in [4.78, 5) is 27.1. The molecule has 0 spiro atoms. The fourth-order valence-electron chi connectivity index (χ4n) is 4.36. The van der Waals surface area contributed by atoms with Crippen molar-refractivity contribution in [3.8, 4) is 0 Å². The van der Waals surface area contributed by atoms with E-state index in [-0.39, 0.29) is 11.7 Å². The minimum atomic E-state index is 0.0114. The first-order valence-electron chi connectivity index (χ1n) is 10.8. The molecule has 0 saturated carbocycles. The van der Waals surface area contributed by atoms with Gasteiger partial charge in [-0.15, -0.1) is 0 Å². The lowest BCUT2D eigenvalue weighted by Crippen LogP contribution is -2.38. The molecule has 1 aliphatic heterocycles. The van der Waals surface area contributed by atoms with Crippen molar-refractivity contribution < 1.29 is 9.59 Å². The zero-order valence-corrected chi connectivity index (χ0v) is 16.8. The van der Waals surface area contributed by atoms with Gasteiger partial charge in [0.05, 0.1) is 0 Å². The smallest absolute Gasteiger partial charge is 0.220 e. The summed E-state index contributed by atoms with van der Waals surface area (Å²) < 4.78 is 0. The first-order chi connectivity index (χ1) is 13.2. The topological polar surface area (TPSA) is 49.4 Å². The van der Waals surface area contributed by atoms with Crippen molar-refractivity contribution in [2.24, 2.45) is 5.92 Å². The number of hydrogen-bond donors (Lipinski definition) is 1. The van der Waals surface area contributed by atoms with Crippen LogP contribution in [0, 0.1) is 5.92 Å². The van der Waals surface area contributed by atoms with Crippen molar-refractivity contribution in [2.75, 3.05) is 26.2 Å². The van der Waals surface area contributed by atoms with Crippen LogP contribution < -0.4 is 5.32 Å². The van der Waals surface area contributed by atoms with Gasteiger partial charge in [0.15, 0.2) is 5.78 Å². The SMILES string of the molecule is CCCN1CCC(CNC(=O)CCC(=O)c2ccc3c(c2)CCCC3)CC1. The van der Waals surface area contributed by atoms with E-state index in [9.17, 15) is 9.59 Å². The average Bonchev–Trinajstić information content (AvgIpc) is 2.71. The van der Waals surface area contributed by atoms with E-state index in [1.807, 2.05) is 6.07 Å². The lowest BCUT2D eigenvalue weighted by molar-refractivity contribution is -0.121. The summed E-state index contributed by atoms with van der Waals surface area (Å²) >= 11 is 0. The Hall–Kier alpha value is -1.68. The van der Waals surface area contributed by atoms with Gasteiger partial charge in [-0.25, -0.2) is 0 Å². The molecule has 148 valence electrons. The van der Waals surface area contributed by atoms with E-state index in [1.54, 1.807) is 0 Å². The first-order valence-corrected chi connectivity index (χ1v) is 10.8. The molecule has 0 radical (unpaired) electrons. The number of rotatable bonds is 8. The van der Waals surface area contributed by atoms with Gasteiger partial charge in [-0.1, -0.05) is 19.1 Å². The van der Waals surface area contributed by atoms with E-state index < -0.39 is 0 Å². The molecule has 27 heavy (non-hydrogen) atoms. The number of ketones is 1. The Morgan fingerprint density at radius 1 is 1.07 bits per heavy atom. The highest BCUT2D eigenvalue weighted by Gasteiger charge is 2.19. The van der Waals surface area contributed by atoms with Gasteiger partial charge in [0.1, 0.15) is 0 Å². The van der Waals surface area contributed by atoms with E-state index >= 15 is 0 Å². The summed E-state index contributed by atoms with van der Waals surface area (Å²) in [5, 5.41) is 3.05. The molecule has 1 fully saturated rings. The van der Waals surface area contributed by atoms with Gasteiger partial charge in [-0.2, -0.15) is 0 Å². The standard InChI is InChI=1S/C23H34N2O2/c1-2-13-25-14-11-18(12-15-25)17-24-23(27)10-9-22(26)21-8-7-19-5-3-4-6-20(19)16-21/h7-8,16,18H,2-6,9-15,17H2,1H3,(H,24,27). The maximum absolute atomic E-state index is 12.5. The van der Waals surface area contributed by atoms with E-state index in [2.05, 4.69) is 29.3 Å². The van der Waals surface area contributed by atoms with Crippen molar-refractivity contribution in [1.29, 1.82) is 0 Å². The molecule has 0 unspecified atom stereocenters. The number of nitrogens with one attached hydrogen (secondary N) is 1. The molecule has 1 heterocycles. The highest BCUT2D eigenvalue weighted by Crippen LogP contribution is 2.23. The Morgan fingerprint density at radius 2 is 1.81 bits per heavy atom. The van der Waals surface area contributed by atoms with Crippen LogP contribution in [0.15, 0.2) is 18.2 Å². The molecule has 1 aromatic rings. The number of amides is 1. The summed E-state index contributed by atoms with van der Waals surface area (Å²) in [6, 6.07) is 6.10. The molecular formula is C23H34N2O2. The monoisotopic (exact) mass is 370 g/mol. The zero-order valence-electron chi connectivity index (χ0n) is 16.8. The van der Waals surface area contributed by atoms with Crippen molar-refractivity contribution in [1.82, 2.24) is 10.2 Å². The molecule has 1 aliphatic carbocycles. The second-order valence-corrected chi connectivity index (χ2v) is 8.20. The fourth-order valence-corrected chi connectivity index (χ4v) is 4.36. The lowest BCUT2D eigenvalue weighted by atomic mass is 9.89. The predicted octanol–water partition coefficient (Wildman–Crippen LogP) is 3.77. The van der Waals surface area contributed by atoms with Crippen molar-refractivity contribution in [3.63, 3.8) is 0 Å². The van der Waals surface area contributed by atoms with Gasteiger partial charge in [-0.3, -0.25) is 9.59 Å². The minimum absolute atomic E-state index is 0.0114. The van der Waals surface area contributed by atoms with Crippen LogP contribution in [0.3, 0.4) is 0 Å². The molecule has 1 amide bonds. The number of benzene rings is 1. The fraction of sp³-hybridized carbons (Fsp3) is 0.652. The van der Waals surface area contributed by atoms with Crippen LogP contribution in [0.2, 0.25) is 0 Å². The van der Waals surface area contributed by atoms with Gasteiger partial charge < -0.3 is 10.2 Å². The molecule has 4 nitrogen and oxygen atoms in total. The highest BCUT2D eigenvalue weighted by atomic mass is 16.2. The van der Waals surface area contributed by atoms with Crippen molar-refractivity contribution >= 4 is 11.7 Å². The van der Waals surface area contributed by atoms with Crippen LogP contribution in [0.4, 0.5) is 0 Å². The van der Waals surface area contributed by atoms with E-state index in [1.165, 1.54) is 36.9 Å². The third-order valence-corrected chi connectivity index (χ3v) is 6.08. The number of fused-ring (bicyclic) bond motifs is 1. The second-order valence-electron chi connectivity index (χ2n) is 8.20. The summed E-state index contributed by atoms with van der Waals surface area (Å²) in [6.07, 6.45) is 8.80. The zero-order chi connectivity index (χ0) is 19.1. The molecule has 0 aromatic heterocycles. The van der Waals surface area contributed by atoms with Crippen molar-refractivity contribution in [2.45, 2.75) is 64.7 Å². The van der Waals surface area contributed by atoms with Crippen LogP contribution in [0.5, 0.6) is 0 Å². The normalized spacial score (nSPS) is 18.1. The Morgan fingerprint density at radius 3 is 2.56 bits per heavy atom. The van der Waals surface area contributed by atoms with E-state index in [0.29, 0.717) is 18.8 Å². The summed E-state index contributed by atoms with van der Waals surface area (Å²) in [7, 11) is 0. The van der Waals surface area contributed by atoms with E-state index in [0.717, 1.165) is 50.9 Å². The van der Waals surface area contributed by atoms with Gasteiger partial charge >= 0.3 is 0 Å². The Labute approximate surface area is 163 Å². The third-order valence-electron chi connectivity index (χ3n) is 6.08. The number of likely N-dealkylation sites (tertiary alicyclic amines) is 1. The number of hydrogen-bond acceptors (Lipinski definition) is 3. The van der Waals surface area contributed by atoms with Gasteiger partial charge in [0.2, 0.25) is 5.91 Å². The molecule has 4 heteroatoms. The lowest BCUT2D eigenvalue weighted by Gasteiger charge is -2.31. The number of carbonyl (C=O) groups is 2. The molecule has 1 aromatic carbocycles. The second kappa shape index (κ2) is 10.0. The van der Waals surface area contributed by atoms with Gasteiger partial charge in [-0.05, 0) is 87.7 Å². The Balaban J connectivity index is 1.37. The number of aryl methyl sites for hydroxylation is 2. The third kappa shape index (κ3) is 5.90. The van der Waals surface area contributed by atoms with E-state index in [4.69, 9.17) is 0 Å². The first kappa shape index (κ1) is 20.1. The van der Waals surface area contributed by atoms with Crippen LogP contribution in [0.25, 0.3) is 0 Å². The summed E-state index contributed by atoms with van der Waals surface area (Å²) in [6.45, 7) is 6.45. The number of piperidine rings is 1. The van der Waals surface area contributed by atoms with Crippen LogP contribution in [0.1, 0.15) is 73.4 Å². The maximum atomic E-state index is 12.5. The van der Waals surface area contributed by atoms with Gasteiger partial charge in [0.25, 0.3) is 0 Å². The summed E-state index contributed by atoms with van der Waals surface area (Å²) in [5.41, 5.74) is 3.48. The molecule has 0 atom stereocenters. The Kier molecular flexibility index (Phi) is 7.45. The predicted molar refractivity (Wildman–Crippen MR) is 109 cm³/mol. The number of nitrogens with zero attached hydrogens (tertiary/aromatic N) is 1. The quantitative estimate of drug-likeness (QED) is 0.709. The van der Waals surface area contributed by atoms with Crippen LogP contribution in [-0.2, 0) is 17.6 Å². The van der Waals surface area contributed by atoms with Crippen LogP contribution >= 0.6 is 0 Å². The van der Waals surface area contributed by atoms with Gasteiger partial charge in [0, 0.05) is 24.9 Å².